The number of ether oxygens (including phenoxy) is 1. The lowest BCUT2D eigenvalue weighted by atomic mass is 10.1. The van der Waals surface area contributed by atoms with Crippen molar-refractivity contribution >= 4 is 82.2 Å². The maximum absolute atomic E-state index is 12.9. The van der Waals surface area contributed by atoms with Crippen LogP contribution in [0.5, 0.6) is 11.5 Å². The van der Waals surface area contributed by atoms with E-state index in [2.05, 4.69) is 37.2 Å². The third-order valence-corrected chi connectivity index (χ3v) is 7.95. The highest BCUT2D eigenvalue weighted by atomic mass is 127. The number of nitrogens with one attached hydrogen (secondary N) is 1. The van der Waals surface area contributed by atoms with Gasteiger partial charge in [0, 0.05) is 8.95 Å². The Labute approximate surface area is 240 Å². The maximum Gasteiger partial charge on any atom is 0.339 e. The molecule has 0 fully saturated rings. The highest BCUT2D eigenvalue weighted by Crippen LogP contribution is 2.37. The second-order valence-corrected chi connectivity index (χ2v) is 11.8. The molecule has 0 aliphatic carbocycles. The van der Waals surface area contributed by atoms with Gasteiger partial charge in [-0.05, 0) is 122 Å². The number of amides is 1. The van der Waals surface area contributed by atoms with Gasteiger partial charge in [-0.2, -0.15) is 13.7 Å². The van der Waals surface area contributed by atoms with Crippen molar-refractivity contribution in [2.45, 2.75) is 18.7 Å². The molecule has 1 amide bonds. The molecule has 0 saturated heterocycles. The van der Waals surface area contributed by atoms with Crippen molar-refractivity contribution in [1.29, 1.82) is 5.26 Å². The fourth-order valence-corrected chi connectivity index (χ4v) is 6.55. The topological polar surface area (TPSA) is 105 Å². The van der Waals surface area contributed by atoms with Crippen LogP contribution in [0.4, 0.5) is 5.69 Å². The first-order valence-corrected chi connectivity index (χ1v) is 14.5. The van der Waals surface area contributed by atoms with Gasteiger partial charge in [0.25, 0.3) is 5.91 Å². The molecule has 0 aliphatic heterocycles. The van der Waals surface area contributed by atoms with Gasteiger partial charge in [-0.3, -0.25) is 4.79 Å². The summed E-state index contributed by atoms with van der Waals surface area (Å²) in [5.41, 5.74) is 1.78. The number of nitrogens with zero attached hydrogens (tertiary/aromatic N) is 1. The van der Waals surface area contributed by atoms with E-state index >= 15 is 0 Å². The number of anilines is 1. The number of rotatable bonds is 8. The SMILES string of the molecule is CCOc1cc(/C=C(\C#N)C(=O)Nc2c(Br)cc(C)cc2Br)cc(I)c1OS(=O)(=O)c1ccccc1. The normalized spacial score (nSPS) is 11.5. The van der Waals surface area contributed by atoms with Gasteiger partial charge >= 0.3 is 10.1 Å². The predicted octanol–water partition coefficient (Wildman–Crippen LogP) is 6.84. The van der Waals surface area contributed by atoms with Gasteiger partial charge in [-0.25, -0.2) is 0 Å². The quantitative estimate of drug-likeness (QED) is 0.117. The Morgan fingerprint density at radius 1 is 1.14 bits per heavy atom. The van der Waals surface area contributed by atoms with Gasteiger partial charge < -0.3 is 14.2 Å². The fraction of sp³-hybridized carbons (Fsp3) is 0.120. The van der Waals surface area contributed by atoms with Crippen LogP contribution in [0.1, 0.15) is 18.1 Å². The molecule has 0 atom stereocenters. The molecule has 186 valence electrons. The van der Waals surface area contributed by atoms with E-state index in [1.807, 2.05) is 47.7 Å². The van der Waals surface area contributed by atoms with Crippen LogP contribution in [-0.2, 0) is 14.9 Å². The Kier molecular flexibility index (Phi) is 9.57. The smallest absolute Gasteiger partial charge is 0.339 e. The van der Waals surface area contributed by atoms with Crippen molar-refractivity contribution in [2.24, 2.45) is 0 Å². The molecule has 1 N–H and O–H groups in total. The van der Waals surface area contributed by atoms with Crippen LogP contribution >= 0.6 is 54.5 Å². The summed E-state index contributed by atoms with van der Waals surface area (Å²) in [7, 11) is -4.10. The fourth-order valence-electron chi connectivity index (χ4n) is 3.08. The molecule has 36 heavy (non-hydrogen) atoms. The zero-order valence-corrected chi connectivity index (χ0v) is 25.2. The Morgan fingerprint density at radius 2 is 1.78 bits per heavy atom. The van der Waals surface area contributed by atoms with E-state index in [0.29, 0.717) is 23.8 Å². The molecular weight excluding hydrogens is 727 g/mol. The molecule has 11 heteroatoms. The van der Waals surface area contributed by atoms with Crippen LogP contribution < -0.4 is 14.2 Å². The summed E-state index contributed by atoms with van der Waals surface area (Å²) in [6, 6.07) is 16.5. The van der Waals surface area contributed by atoms with Crippen molar-refractivity contribution in [3.8, 4) is 17.6 Å². The number of carbonyl (C=O) groups excluding carboxylic acids is 1. The first-order chi connectivity index (χ1) is 17.1. The van der Waals surface area contributed by atoms with E-state index in [-0.39, 0.29) is 28.6 Å². The van der Waals surface area contributed by atoms with Gasteiger partial charge in [-0.15, -0.1) is 0 Å². The van der Waals surface area contributed by atoms with Gasteiger partial charge in [-0.1, -0.05) is 18.2 Å². The lowest BCUT2D eigenvalue weighted by Gasteiger charge is -2.15. The molecule has 0 spiro atoms. The van der Waals surface area contributed by atoms with Crippen molar-refractivity contribution in [1.82, 2.24) is 0 Å². The molecule has 0 saturated carbocycles. The Hall–Kier alpha value is -2.40. The van der Waals surface area contributed by atoms with E-state index in [1.54, 1.807) is 31.2 Å². The molecule has 7 nitrogen and oxygen atoms in total. The Bertz CT molecular complexity index is 1460. The minimum atomic E-state index is -4.10. The summed E-state index contributed by atoms with van der Waals surface area (Å²) in [4.78, 5) is 12.9. The summed E-state index contributed by atoms with van der Waals surface area (Å²) in [5.74, 6) is -0.423. The number of nitriles is 1. The summed E-state index contributed by atoms with van der Waals surface area (Å²) in [6.07, 6.45) is 1.39. The number of halogens is 3. The summed E-state index contributed by atoms with van der Waals surface area (Å²) in [5, 5.41) is 12.4. The number of hydrogen-bond donors (Lipinski definition) is 1. The molecule has 3 rings (SSSR count). The van der Waals surface area contributed by atoms with Crippen molar-refractivity contribution in [3.63, 3.8) is 0 Å². The van der Waals surface area contributed by atoms with Gasteiger partial charge in [0.1, 0.15) is 16.5 Å². The lowest BCUT2D eigenvalue weighted by molar-refractivity contribution is -0.112. The first-order valence-electron chi connectivity index (χ1n) is 10.4. The van der Waals surface area contributed by atoms with Crippen LogP contribution in [0.25, 0.3) is 6.08 Å². The molecule has 0 aromatic heterocycles. The Balaban J connectivity index is 1.96. The highest BCUT2D eigenvalue weighted by molar-refractivity contribution is 14.1. The number of hydrogen-bond acceptors (Lipinski definition) is 6. The lowest BCUT2D eigenvalue weighted by Crippen LogP contribution is -2.14. The average Bonchev–Trinajstić information content (AvgIpc) is 2.82. The zero-order chi connectivity index (χ0) is 26.5. The largest absolute Gasteiger partial charge is 0.490 e. The predicted molar refractivity (Wildman–Crippen MR) is 153 cm³/mol. The van der Waals surface area contributed by atoms with Gasteiger partial charge in [0.15, 0.2) is 11.5 Å². The minimum Gasteiger partial charge on any atom is -0.490 e. The summed E-state index contributed by atoms with van der Waals surface area (Å²) >= 11 is 8.77. The molecule has 3 aromatic carbocycles. The summed E-state index contributed by atoms with van der Waals surface area (Å²) < 4.78 is 38.3. The third-order valence-electron chi connectivity index (χ3n) is 4.66. The maximum atomic E-state index is 12.9. The first kappa shape index (κ1) is 28.2. The second-order valence-electron chi connectivity index (χ2n) is 7.34. The van der Waals surface area contributed by atoms with Crippen LogP contribution in [-0.4, -0.2) is 20.9 Å². The number of aryl methyl sites for hydroxylation is 1. The summed E-state index contributed by atoms with van der Waals surface area (Å²) in [6.45, 7) is 3.90. The second kappa shape index (κ2) is 12.2. The molecular formula is C25H19Br2IN2O5S. The van der Waals surface area contributed by atoms with Crippen LogP contribution in [0, 0.1) is 21.8 Å². The number of benzene rings is 3. The highest BCUT2D eigenvalue weighted by Gasteiger charge is 2.22. The van der Waals surface area contributed by atoms with E-state index in [0.717, 1.165) is 5.56 Å². The number of carbonyl (C=O) groups is 1. The van der Waals surface area contributed by atoms with Crippen LogP contribution in [0.15, 0.2) is 74.0 Å². The third kappa shape index (κ3) is 6.88. The van der Waals surface area contributed by atoms with Crippen molar-refractivity contribution in [3.05, 3.63) is 83.8 Å². The average molecular weight is 746 g/mol. The monoisotopic (exact) mass is 744 g/mol. The molecule has 0 heterocycles. The van der Waals surface area contributed by atoms with E-state index in [1.165, 1.54) is 24.3 Å². The van der Waals surface area contributed by atoms with Crippen LogP contribution in [0.3, 0.4) is 0 Å². The van der Waals surface area contributed by atoms with Crippen molar-refractivity contribution < 1.29 is 22.1 Å². The molecule has 0 aliphatic rings. The molecule has 0 radical (unpaired) electrons. The van der Waals surface area contributed by atoms with Crippen molar-refractivity contribution in [2.75, 3.05) is 11.9 Å². The van der Waals surface area contributed by atoms with E-state index in [4.69, 9.17) is 8.92 Å². The molecule has 0 unspecified atom stereocenters. The van der Waals surface area contributed by atoms with Gasteiger partial charge in [0.2, 0.25) is 0 Å². The molecule has 3 aromatic rings. The van der Waals surface area contributed by atoms with Crippen LogP contribution in [0.2, 0.25) is 0 Å². The van der Waals surface area contributed by atoms with Gasteiger partial charge in [0.05, 0.1) is 15.9 Å². The zero-order valence-electron chi connectivity index (χ0n) is 19.0. The minimum absolute atomic E-state index is 0.00378. The Morgan fingerprint density at radius 3 is 2.36 bits per heavy atom. The molecule has 0 bridgehead atoms. The van der Waals surface area contributed by atoms with E-state index < -0.39 is 16.0 Å². The standard InChI is InChI=1S/C25H19Br2IN2O5S/c1-3-34-22-13-16(12-21(28)24(22)35-36(32,33)18-7-5-4-6-8-18)11-17(14-29)25(31)30-23-19(26)9-15(2)10-20(23)27/h4-13H,3H2,1-2H3,(H,30,31)/b17-11+. The van der Waals surface area contributed by atoms with E-state index in [9.17, 15) is 18.5 Å².